The van der Waals surface area contributed by atoms with Gasteiger partial charge in [0.25, 0.3) is 5.91 Å². The van der Waals surface area contributed by atoms with Crippen LogP contribution in [0.2, 0.25) is 15.7 Å². The number of amides is 2. The summed E-state index contributed by atoms with van der Waals surface area (Å²) < 4.78 is 5.39. The number of fused-ring (bicyclic) bond motifs is 1. The zero-order valence-corrected chi connectivity index (χ0v) is 39.4. The maximum Gasteiger partial charge on any atom is 0.410 e. The number of aromatic nitrogens is 6. The number of ether oxygens (including phenoxy) is 1. The second kappa shape index (κ2) is 24.0. The summed E-state index contributed by atoms with van der Waals surface area (Å²) in [4.78, 5) is 53.8. The largest absolute Gasteiger partial charge is 0.444 e. The van der Waals surface area contributed by atoms with E-state index in [2.05, 4.69) is 66.0 Å². The van der Waals surface area contributed by atoms with Gasteiger partial charge in [-0.05, 0) is 148 Å². The van der Waals surface area contributed by atoms with Crippen LogP contribution in [0.1, 0.15) is 75.3 Å². The molecule has 17 heteroatoms. The Morgan fingerprint density at radius 1 is 0.785 bits per heavy atom. The normalized spacial score (nSPS) is 14.8. The third kappa shape index (κ3) is 15.8. The number of hydrogen-bond donors (Lipinski definition) is 3. The number of piperidine rings is 2. The smallest absolute Gasteiger partial charge is 0.410 e. The van der Waals surface area contributed by atoms with Crippen LogP contribution in [0.4, 0.5) is 22.4 Å². The molecule has 0 spiro atoms. The lowest BCUT2D eigenvalue weighted by Gasteiger charge is -2.33. The molecule has 3 N–H and O–H groups in total. The number of hydrogen-bond acceptors (Lipinski definition) is 12. The minimum atomic E-state index is -0.443. The van der Waals surface area contributed by atoms with E-state index in [1.165, 1.54) is 6.20 Å². The summed E-state index contributed by atoms with van der Waals surface area (Å²) in [5.74, 6) is 2.77. The average molecular weight is 941 g/mol. The van der Waals surface area contributed by atoms with Gasteiger partial charge in [-0.1, -0.05) is 72.3 Å². The number of carbonyl (C=O) groups is 2. The van der Waals surface area contributed by atoms with Gasteiger partial charge in [-0.25, -0.2) is 29.7 Å². The second-order valence-electron chi connectivity index (χ2n) is 16.8. The number of halogens is 3. The molecular weight excluding hydrogens is 885 g/mol. The van der Waals surface area contributed by atoms with Gasteiger partial charge in [0.2, 0.25) is 16.5 Å². The Morgan fingerprint density at radius 3 is 2.11 bits per heavy atom. The lowest BCUT2D eigenvalue weighted by atomic mass is 9.97. The van der Waals surface area contributed by atoms with Gasteiger partial charge in [-0.3, -0.25) is 9.69 Å². The highest BCUT2D eigenvalue weighted by Crippen LogP contribution is 2.25. The molecule has 3 aromatic carbocycles. The molecule has 0 unspecified atom stereocenters. The van der Waals surface area contributed by atoms with Crippen LogP contribution in [-0.4, -0.2) is 91.7 Å². The van der Waals surface area contributed by atoms with Crippen LogP contribution < -0.4 is 20.9 Å². The summed E-state index contributed by atoms with van der Waals surface area (Å²) in [6.45, 7) is 12.6. The Bertz CT molecular complexity index is 2430. The standard InChI is InChI=1S/C29H31N5O.C15H23ClN4O2.C4H2Cl2N2/c1-21(23-7-3-2-4-8-23)32-29-31-18-15-27(33-29)34(20-22-13-16-30-17-14-22)28(35)26-12-11-24-9-5-6-10-25(24)19-26;1-15(2,3)22-14(21)20-8-5-11(6-9-20)10-18-12-4-7-17-13(16)19-12;5-3-1-2-7-4(6)8-3/h2-12,15,18-19,21-22,30H,13-14,16-17,20H2,1H3,(H,31,32,33);4,7,11H,5-6,8-10H2,1-3H3,(H,17,18,19);1-2H/t21-;;/m0../s1. The van der Waals surface area contributed by atoms with Crippen LogP contribution in [0.15, 0.2) is 110 Å². The molecule has 2 amide bonds. The van der Waals surface area contributed by atoms with Crippen LogP contribution in [0.25, 0.3) is 10.8 Å². The number of nitrogens with zero attached hydrogens (tertiary/aromatic N) is 8. The van der Waals surface area contributed by atoms with Crippen LogP contribution in [0.3, 0.4) is 0 Å². The van der Waals surface area contributed by atoms with Crippen molar-refractivity contribution in [3.05, 3.63) is 136 Å². The van der Waals surface area contributed by atoms with E-state index in [-0.39, 0.29) is 28.6 Å². The molecule has 2 saturated heterocycles. The van der Waals surface area contributed by atoms with E-state index in [1.54, 1.807) is 29.4 Å². The highest BCUT2D eigenvalue weighted by molar-refractivity contribution is 6.31. The van der Waals surface area contributed by atoms with Crippen molar-refractivity contribution in [3.8, 4) is 0 Å². The first-order chi connectivity index (χ1) is 31.3. The van der Waals surface area contributed by atoms with Crippen molar-refractivity contribution < 1.29 is 14.3 Å². The molecule has 3 aromatic heterocycles. The van der Waals surface area contributed by atoms with Gasteiger partial charge in [0.15, 0.2) is 0 Å². The van der Waals surface area contributed by atoms with Gasteiger partial charge >= 0.3 is 6.09 Å². The number of anilines is 3. The first-order valence-corrected chi connectivity index (χ1v) is 22.9. The van der Waals surface area contributed by atoms with Gasteiger partial charge in [-0.15, -0.1) is 0 Å². The molecular formula is C48H56Cl3N11O3. The molecule has 14 nitrogen and oxygen atoms in total. The van der Waals surface area contributed by atoms with Crippen LogP contribution in [-0.2, 0) is 4.74 Å². The van der Waals surface area contributed by atoms with Crippen molar-refractivity contribution >= 4 is 75.2 Å². The van der Waals surface area contributed by atoms with Crippen molar-refractivity contribution in [3.63, 3.8) is 0 Å². The Balaban J connectivity index is 0.000000198. The lowest BCUT2D eigenvalue weighted by Crippen LogP contribution is -2.42. The maximum absolute atomic E-state index is 13.8. The zero-order valence-electron chi connectivity index (χ0n) is 37.1. The molecule has 65 heavy (non-hydrogen) atoms. The Morgan fingerprint density at radius 2 is 1.45 bits per heavy atom. The fraction of sp³-hybridized carbons (Fsp3) is 0.375. The summed E-state index contributed by atoms with van der Waals surface area (Å²) >= 11 is 16.5. The molecule has 2 fully saturated rings. The van der Waals surface area contributed by atoms with Crippen molar-refractivity contribution in [1.29, 1.82) is 0 Å². The van der Waals surface area contributed by atoms with Crippen LogP contribution >= 0.6 is 34.8 Å². The molecule has 342 valence electrons. The molecule has 5 heterocycles. The number of benzene rings is 3. The summed E-state index contributed by atoms with van der Waals surface area (Å²) in [6, 6.07) is 29.5. The van der Waals surface area contributed by atoms with Gasteiger partial charge < -0.3 is 25.6 Å². The third-order valence-electron chi connectivity index (χ3n) is 10.8. The van der Waals surface area contributed by atoms with Crippen molar-refractivity contribution in [2.45, 2.75) is 65.0 Å². The number of likely N-dealkylation sites (tertiary alicyclic amines) is 1. The van der Waals surface area contributed by atoms with E-state index in [1.807, 2.05) is 86.3 Å². The predicted octanol–water partition coefficient (Wildman–Crippen LogP) is 10.4. The summed E-state index contributed by atoms with van der Waals surface area (Å²) in [5.41, 5.74) is 1.38. The highest BCUT2D eigenvalue weighted by Gasteiger charge is 2.27. The third-order valence-corrected chi connectivity index (χ3v) is 11.3. The Hall–Kier alpha value is -5.67. The molecule has 0 aliphatic carbocycles. The Kier molecular flexibility index (Phi) is 18.0. The van der Waals surface area contributed by atoms with Gasteiger partial charge in [0, 0.05) is 50.3 Å². The van der Waals surface area contributed by atoms with E-state index in [4.69, 9.17) is 44.5 Å². The summed E-state index contributed by atoms with van der Waals surface area (Å²) in [7, 11) is 0. The quantitative estimate of drug-likeness (QED) is 0.0881. The van der Waals surface area contributed by atoms with Crippen molar-refractivity contribution in [1.82, 2.24) is 40.1 Å². The zero-order chi connectivity index (χ0) is 46.2. The van der Waals surface area contributed by atoms with Crippen LogP contribution in [0.5, 0.6) is 0 Å². The lowest BCUT2D eigenvalue weighted by molar-refractivity contribution is 0.0188. The van der Waals surface area contributed by atoms with E-state index in [0.29, 0.717) is 40.9 Å². The number of nitrogens with one attached hydrogen (secondary N) is 3. The highest BCUT2D eigenvalue weighted by atomic mass is 35.5. The topological polar surface area (TPSA) is 163 Å². The Labute approximate surface area is 395 Å². The van der Waals surface area contributed by atoms with Crippen molar-refractivity contribution in [2.24, 2.45) is 11.8 Å². The number of rotatable bonds is 10. The molecule has 2 aliphatic rings. The molecule has 8 rings (SSSR count). The van der Waals surface area contributed by atoms with E-state index in [0.717, 1.165) is 80.6 Å². The molecule has 0 saturated carbocycles. The van der Waals surface area contributed by atoms with E-state index < -0.39 is 5.60 Å². The fourth-order valence-corrected chi connectivity index (χ4v) is 7.79. The van der Waals surface area contributed by atoms with Crippen molar-refractivity contribution in [2.75, 3.05) is 54.8 Å². The molecule has 1 atom stereocenters. The monoisotopic (exact) mass is 939 g/mol. The maximum atomic E-state index is 13.8. The molecule has 0 radical (unpaired) electrons. The average Bonchev–Trinajstić information content (AvgIpc) is 3.30. The summed E-state index contributed by atoms with van der Waals surface area (Å²) in [6.07, 6.45) is 8.62. The van der Waals surface area contributed by atoms with Crippen LogP contribution in [0, 0.1) is 11.8 Å². The fourth-order valence-electron chi connectivity index (χ4n) is 7.31. The van der Waals surface area contributed by atoms with Gasteiger partial charge in [0.05, 0.1) is 6.04 Å². The molecule has 2 aliphatic heterocycles. The number of carbonyl (C=O) groups excluding carboxylic acids is 2. The minimum Gasteiger partial charge on any atom is -0.444 e. The van der Waals surface area contributed by atoms with Gasteiger partial charge in [-0.2, -0.15) is 4.98 Å². The van der Waals surface area contributed by atoms with E-state index >= 15 is 0 Å². The SMILES string of the molecule is CC(C)(C)OC(=O)N1CCC(CNc2ccnc(Cl)n2)CC1.C[C@H](Nc1nccc(N(CC2CCNCC2)C(=O)c2ccc3ccccc3c2)n1)c1ccccc1.Clc1ccnc(Cl)n1. The van der Waals surface area contributed by atoms with E-state index in [9.17, 15) is 9.59 Å². The first-order valence-electron chi connectivity index (χ1n) is 21.8. The summed E-state index contributed by atoms with van der Waals surface area (Å²) in [5, 5.41) is 13.0. The predicted molar refractivity (Wildman–Crippen MR) is 260 cm³/mol. The minimum absolute atomic E-state index is 0.0324. The molecule has 6 aromatic rings. The molecule has 0 bridgehead atoms. The first kappa shape index (κ1) is 48.8. The van der Waals surface area contributed by atoms with Gasteiger partial charge in [0.1, 0.15) is 22.4 Å². The second-order valence-corrected chi connectivity index (χ2v) is 17.9.